The largest absolute Gasteiger partial charge is 0.396 e. The number of aliphatic hydroxyl groups excluding tert-OH is 3. The van der Waals surface area contributed by atoms with Crippen molar-refractivity contribution in [2.45, 2.75) is 37.9 Å². The zero-order chi connectivity index (χ0) is 22.5. The third kappa shape index (κ3) is 14.6. The third-order valence-corrected chi connectivity index (χ3v) is 4.39. The summed E-state index contributed by atoms with van der Waals surface area (Å²) in [7, 11) is 0. The average Bonchev–Trinajstić information content (AvgIpc) is 2.80. The van der Waals surface area contributed by atoms with Crippen molar-refractivity contribution in [1.29, 1.82) is 0 Å². The Labute approximate surface area is 186 Å². The van der Waals surface area contributed by atoms with Crippen LogP contribution in [0.2, 0.25) is 0 Å². The molecule has 0 spiro atoms. The van der Waals surface area contributed by atoms with E-state index in [1.807, 2.05) is 30.3 Å². The summed E-state index contributed by atoms with van der Waals surface area (Å²) >= 11 is 0. The molecule has 31 heavy (non-hydrogen) atoms. The summed E-state index contributed by atoms with van der Waals surface area (Å²) in [6, 6.07) is 10.0. The van der Waals surface area contributed by atoms with Crippen molar-refractivity contribution in [2.75, 3.05) is 72.7 Å². The van der Waals surface area contributed by atoms with Gasteiger partial charge in [-0.1, -0.05) is 30.3 Å². The SMILES string of the molecule is OCCCOCC(COCCCO)(COCCCO)OCCCOCc1ccccc1. The van der Waals surface area contributed by atoms with Gasteiger partial charge in [0.15, 0.2) is 0 Å². The maximum atomic E-state index is 8.98. The summed E-state index contributed by atoms with van der Waals surface area (Å²) in [6.45, 7) is 3.77. The van der Waals surface area contributed by atoms with Gasteiger partial charge in [-0.3, -0.25) is 0 Å². The predicted octanol–water partition coefficient (Wildman–Crippen LogP) is 1.55. The van der Waals surface area contributed by atoms with Gasteiger partial charge >= 0.3 is 0 Å². The van der Waals surface area contributed by atoms with E-state index in [0.717, 1.165) is 5.56 Å². The Morgan fingerprint density at radius 2 is 1.06 bits per heavy atom. The van der Waals surface area contributed by atoms with Crippen LogP contribution in [0, 0.1) is 0 Å². The molecule has 0 amide bonds. The number of hydrogen-bond donors (Lipinski definition) is 3. The van der Waals surface area contributed by atoms with Crippen molar-refractivity contribution in [3.8, 4) is 0 Å². The predicted molar refractivity (Wildman–Crippen MR) is 117 cm³/mol. The second-order valence-corrected chi connectivity index (χ2v) is 7.31. The summed E-state index contributed by atoms with van der Waals surface area (Å²) in [5, 5.41) is 26.9. The van der Waals surface area contributed by atoms with Gasteiger partial charge in [-0.25, -0.2) is 0 Å². The van der Waals surface area contributed by atoms with E-state index in [2.05, 4.69) is 0 Å². The van der Waals surface area contributed by atoms with Crippen LogP contribution < -0.4 is 0 Å². The molecule has 8 heteroatoms. The lowest BCUT2D eigenvalue weighted by Crippen LogP contribution is -2.48. The molecule has 0 heterocycles. The van der Waals surface area contributed by atoms with Gasteiger partial charge in [0.2, 0.25) is 0 Å². The zero-order valence-electron chi connectivity index (χ0n) is 18.6. The Balaban J connectivity index is 2.51. The zero-order valence-corrected chi connectivity index (χ0v) is 18.6. The highest BCUT2D eigenvalue weighted by molar-refractivity contribution is 5.13. The van der Waals surface area contributed by atoms with Crippen LogP contribution in [0.1, 0.15) is 31.2 Å². The second-order valence-electron chi connectivity index (χ2n) is 7.31. The highest BCUT2D eigenvalue weighted by Crippen LogP contribution is 2.16. The van der Waals surface area contributed by atoms with E-state index in [4.69, 9.17) is 39.0 Å². The first kappa shape index (κ1) is 27.9. The smallest absolute Gasteiger partial charge is 0.138 e. The quantitative estimate of drug-likeness (QED) is 0.231. The summed E-state index contributed by atoms with van der Waals surface area (Å²) in [6.07, 6.45) is 2.33. The van der Waals surface area contributed by atoms with Crippen molar-refractivity contribution >= 4 is 0 Å². The molecule has 1 rings (SSSR count). The molecule has 0 bridgehead atoms. The Morgan fingerprint density at radius 3 is 1.55 bits per heavy atom. The number of benzene rings is 1. The van der Waals surface area contributed by atoms with Gasteiger partial charge < -0.3 is 39.0 Å². The molecule has 0 aliphatic heterocycles. The fraction of sp³-hybridized carbons (Fsp3) is 0.739. The van der Waals surface area contributed by atoms with E-state index in [1.54, 1.807) is 0 Å². The molecule has 3 N–H and O–H groups in total. The first-order chi connectivity index (χ1) is 15.3. The Kier molecular flexibility index (Phi) is 17.6. The van der Waals surface area contributed by atoms with Crippen LogP contribution in [0.25, 0.3) is 0 Å². The van der Waals surface area contributed by atoms with E-state index in [0.29, 0.717) is 65.3 Å². The van der Waals surface area contributed by atoms with Crippen molar-refractivity contribution < 1.29 is 39.0 Å². The minimum Gasteiger partial charge on any atom is -0.396 e. The fourth-order valence-corrected chi connectivity index (χ4v) is 2.74. The van der Waals surface area contributed by atoms with Gasteiger partial charge in [0.05, 0.1) is 26.4 Å². The Hall–Kier alpha value is -1.10. The lowest BCUT2D eigenvalue weighted by Gasteiger charge is -2.33. The van der Waals surface area contributed by atoms with Gasteiger partial charge in [0, 0.05) is 52.9 Å². The van der Waals surface area contributed by atoms with Crippen LogP contribution in [-0.2, 0) is 30.3 Å². The maximum Gasteiger partial charge on any atom is 0.138 e. The molecule has 1 aromatic rings. The van der Waals surface area contributed by atoms with Crippen molar-refractivity contribution in [2.24, 2.45) is 0 Å². The molecule has 0 saturated heterocycles. The van der Waals surface area contributed by atoms with Crippen LogP contribution in [0.3, 0.4) is 0 Å². The molecule has 0 fully saturated rings. The number of ether oxygens (including phenoxy) is 5. The van der Waals surface area contributed by atoms with E-state index in [-0.39, 0.29) is 39.6 Å². The molecule has 8 nitrogen and oxygen atoms in total. The van der Waals surface area contributed by atoms with E-state index in [1.165, 1.54) is 0 Å². The summed E-state index contributed by atoms with van der Waals surface area (Å²) in [4.78, 5) is 0. The monoisotopic (exact) mass is 444 g/mol. The summed E-state index contributed by atoms with van der Waals surface area (Å²) in [5.74, 6) is 0. The van der Waals surface area contributed by atoms with E-state index < -0.39 is 5.60 Å². The first-order valence-corrected chi connectivity index (χ1v) is 11.1. The van der Waals surface area contributed by atoms with Crippen LogP contribution in [0.5, 0.6) is 0 Å². The van der Waals surface area contributed by atoms with E-state index in [9.17, 15) is 0 Å². The van der Waals surface area contributed by atoms with Crippen molar-refractivity contribution in [1.82, 2.24) is 0 Å². The molecular weight excluding hydrogens is 404 g/mol. The van der Waals surface area contributed by atoms with Crippen LogP contribution in [0.15, 0.2) is 30.3 Å². The number of hydrogen-bond acceptors (Lipinski definition) is 8. The Bertz CT molecular complexity index is 468. The molecule has 0 atom stereocenters. The van der Waals surface area contributed by atoms with Gasteiger partial charge in [-0.2, -0.15) is 0 Å². The normalized spacial score (nSPS) is 11.8. The molecule has 180 valence electrons. The maximum absolute atomic E-state index is 8.98. The van der Waals surface area contributed by atoms with Crippen molar-refractivity contribution in [3.63, 3.8) is 0 Å². The minimum absolute atomic E-state index is 0.0621. The molecule has 0 unspecified atom stereocenters. The highest BCUT2D eigenvalue weighted by Gasteiger charge is 2.33. The van der Waals surface area contributed by atoms with Crippen LogP contribution in [0.4, 0.5) is 0 Å². The van der Waals surface area contributed by atoms with Crippen LogP contribution in [-0.4, -0.2) is 93.6 Å². The number of rotatable bonds is 22. The van der Waals surface area contributed by atoms with Crippen LogP contribution >= 0.6 is 0 Å². The van der Waals surface area contributed by atoms with E-state index >= 15 is 0 Å². The molecule has 1 aromatic carbocycles. The standard InChI is InChI=1S/C23H40O8/c24-10-4-13-28-19-23(20-29-14-5-11-25,21-30-15-6-12-26)31-17-7-16-27-18-22-8-2-1-3-9-22/h1-3,8-9,24-26H,4-7,10-21H2. The Morgan fingerprint density at radius 1 is 0.581 bits per heavy atom. The number of aliphatic hydroxyl groups is 3. The lowest BCUT2D eigenvalue weighted by atomic mass is 10.1. The first-order valence-electron chi connectivity index (χ1n) is 11.1. The molecule has 0 aliphatic rings. The molecule has 0 aliphatic carbocycles. The fourth-order valence-electron chi connectivity index (χ4n) is 2.74. The van der Waals surface area contributed by atoms with Gasteiger partial charge in [0.1, 0.15) is 5.60 Å². The summed E-state index contributed by atoms with van der Waals surface area (Å²) < 4.78 is 29.0. The molecular formula is C23H40O8. The molecule has 0 aromatic heterocycles. The van der Waals surface area contributed by atoms with Gasteiger partial charge in [0.25, 0.3) is 0 Å². The topological polar surface area (TPSA) is 107 Å². The molecule has 0 radical (unpaired) electrons. The average molecular weight is 445 g/mol. The lowest BCUT2D eigenvalue weighted by molar-refractivity contribution is -0.169. The third-order valence-electron chi connectivity index (χ3n) is 4.39. The minimum atomic E-state index is -0.806. The second kappa shape index (κ2) is 19.6. The highest BCUT2D eigenvalue weighted by atomic mass is 16.6. The van der Waals surface area contributed by atoms with Gasteiger partial charge in [-0.05, 0) is 31.2 Å². The van der Waals surface area contributed by atoms with Gasteiger partial charge in [-0.15, -0.1) is 0 Å². The van der Waals surface area contributed by atoms with Crippen molar-refractivity contribution in [3.05, 3.63) is 35.9 Å². The molecule has 0 saturated carbocycles. The summed E-state index contributed by atoms with van der Waals surface area (Å²) in [5.41, 5.74) is 0.324.